The summed E-state index contributed by atoms with van der Waals surface area (Å²) in [5.41, 5.74) is 1.10. The van der Waals surface area contributed by atoms with Crippen LogP contribution in [0.2, 0.25) is 0 Å². The van der Waals surface area contributed by atoms with Gasteiger partial charge in [-0.3, -0.25) is 4.99 Å². The zero-order valence-corrected chi connectivity index (χ0v) is 17.2. The maximum Gasteiger partial charge on any atom is 0.185 e. The van der Waals surface area contributed by atoms with Crippen LogP contribution in [0, 0.1) is 0 Å². The van der Waals surface area contributed by atoms with Crippen molar-refractivity contribution in [2.75, 3.05) is 13.1 Å². The number of aliphatic imine (C=N–C) groups is 1. The third-order valence-electron chi connectivity index (χ3n) is 5.71. The first-order valence-corrected chi connectivity index (χ1v) is 9.86. The largest absolute Gasteiger partial charge is 0.507 e. The Morgan fingerprint density at radius 1 is 0.962 bits per heavy atom. The molecule has 2 aliphatic rings. The summed E-state index contributed by atoms with van der Waals surface area (Å²) in [6.07, 6.45) is 4.35. The molecule has 144 valence electrons. The SMILES string of the molecule is CC(C)(C)c1cc(C2(O)CN=C3CCCCCN32)cc(C(C)(C)C)c1O. The van der Waals surface area contributed by atoms with Crippen molar-refractivity contribution in [2.24, 2.45) is 4.99 Å². The van der Waals surface area contributed by atoms with Gasteiger partial charge in [0.05, 0.1) is 6.54 Å². The molecule has 1 atom stereocenters. The molecular weight excluding hydrogens is 324 g/mol. The number of hydrogen-bond donors (Lipinski definition) is 2. The van der Waals surface area contributed by atoms with E-state index >= 15 is 0 Å². The van der Waals surface area contributed by atoms with Crippen molar-refractivity contribution in [3.05, 3.63) is 28.8 Å². The van der Waals surface area contributed by atoms with E-state index in [1.807, 2.05) is 12.1 Å². The summed E-state index contributed by atoms with van der Waals surface area (Å²) in [5.74, 6) is 1.39. The van der Waals surface area contributed by atoms with Crippen molar-refractivity contribution in [1.29, 1.82) is 0 Å². The molecule has 0 aromatic heterocycles. The van der Waals surface area contributed by atoms with Crippen molar-refractivity contribution in [1.82, 2.24) is 4.90 Å². The van der Waals surface area contributed by atoms with Gasteiger partial charge in [0, 0.05) is 18.5 Å². The van der Waals surface area contributed by atoms with E-state index in [1.165, 1.54) is 6.42 Å². The van der Waals surface area contributed by atoms with E-state index in [0.29, 0.717) is 12.3 Å². The Hall–Kier alpha value is -1.55. The van der Waals surface area contributed by atoms with Gasteiger partial charge in [-0.05, 0) is 46.9 Å². The van der Waals surface area contributed by atoms with E-state index in [0.717, 1.165) is 48.3 Å². The molecule has 26 heavy (non-hydrogen) atoms. The predicted octanol–water partition coefficient (Wildman–Crippen LogP) is 4.42. The molecule has 1 unspecified atom stereocenters. The first kappa shape index (κ1) is 19.2. The molecule has 1 saturated heterocycles. The number of aliphatic hydroxyl groups is 1. The minimum Gasteiger partial charge on any atom is -0.507 e. The Morgan fingerprint density at radius 2 is 1.54 bits per heavy atom. The maximum atomic E-state index is 11.7. The minimum atomic E-state index is -1.10. The highest BCUT2D eigenvalue weighted by Gasteiger charge is 2.44. The Bertz CT molecular complexity index is 690. The van der Waals surface area contributed by atoms with Gasteiger partial charge in [0.2, 0.25) is 0 Å². The van der Waals surface area contributed by atoms with Crippen LogP contribution in [0.1, 0.15) is 83.9 Å². The van der Waals surface area contributed by atoms with Gasteiger partial charge in [0.25, 0.3) is 0 Å². The molecule has 2 aliphatic heterocycles. The molecular formula is C22H34N2O2. The third kappa shape index (κ3) is 3.24. The Labute approximate surface area is 158 Å². The van der Waals surface area contributed by atoms with Gasteiger partial charge in [-0.25, -0.2) is 0 Å². The number of hydrogen-bond acceptors (Lipinski definition) is 4. The van der Waals surface area contributed by atoms with E-state index in [1.54, 1.807) is 0 Å². The highest BCUT2D eigenvalue weighted by atomic mass is 16.3. The predicted molar refractivity (Wildman–Crippen MR) is 107 cm³/mol. The molecule has 0 amide bonds. The topological polar surface area (TPSA) is 56.1 Å². The van der Waals surface area contributed by atoms with Gasteiger partial charge in [-0.2, -0.15) is 0 Å². The Morgan fingerprint density at radius 3 is 2.08 bits per heavy atom. The van der Waals surface area contributed by atoms with Crippen LogP contribution in [-0.2, 0) is 16.6 Å². The van der Waals surface area contributed by atoms with Crippen molar-refractivity contribution in [2.45, 2.75) is 83.8 Å². The molecule has 0 saturated carbocycles. The lowest BCUT2D eigenvalue weighted by molar-refractivity contribution is -0.0559. The van der Waals surface area contributed by atoms with Crippen LogP contribution >= 0.6 is 0 Å². The van der Waals surface area contributed by atoms with Gasteiger partial charge >= 0.3 is 0 Å². The average molecular weight is 359 g/mol. The van der Waals surface area contributed by atoms with Crippen molar-refractivity contribution in [3.8, 4) is 5.75 Å². The number of phenolic OH excluding ortho intramolecular Hbond substituents is 1. The normalized spacial score (nSPS) is 24.3. The van der Waals surface area contributed by atoms with Crippen LogP contribution in [0.15, 0.2) is 17.1 Å². The van der Waals surface area contributed by atoms with Crippen molar-refractivity contribution >= 4 is 5.84 Å². The van der Waals surface area contributed by atoms with Crippen LogP contribution in [0.3, 0.4) is 0 Å². The lowest BCUT2D eigenvalue weighted by atomic mass is 9.77. The Kier molecular flexibility index (Phi) is 4.63. The van der Waals surface area contributed by atoms with E-state index in [4.69, 9.17) is 0 Å². The summed E-state index contributed by atoms with van der Waals surface area (Å²) in [5, 5.41) is 22.6. The molecule has 1 aromatic carbocycles. The highest BCUT2D eigenvalue weighted by Crippen LogP contribution is 2.44. The van der Waals surface area contributed by atoms with Gasteiger partial charge in [0.1, 0.15) is 11.6 Å². The standard InChI is InChI=1S/C22H34N2O2/c1-20(2,3)16-12-15(13-17(19(16)25)21(4,5)6)22(26)14-23-18-10-8-7-9-11-24(18)22/h12-13,25-26H,7-11,14H2,1-6H3. The fraction of sp³-hybridized carbons (Fsp3) is 0.682. The van der Waals surface area contributed by atoms with E-state index in [2.05, 4.69) is 51.4 Å². The summed E-state index contributed by atoms with van der Waals surface area (Å²) in [6, 6.07) is 3.99. The van der Waals surface area contributed by atoms with Crippen molar-refractivity contribution < 1.29 is 10.2 Å². The monoisotopic (exact) mass is 358 g/mol. The number of nitrogens with zero attached hydrogens (tertiary/aromatic N) is 2. The lowest BCUT2D eigenvalue weighted by Crippen LogP contribution is -2.47. The van der Waals surface area contributed by atoms with Gasteiger partial charge < -0.3 is 15.1 Å². The van der Waals surface area contributed by atoms with E-state index in [-0.39, 0.29) is 10.8 Å². The second kappa shape index (κ2) is 6.26. The van der Waals surface area contributed by atoms with Crippen LogP contribution < -0.4 is 0 Å². The smallest absolute Gasteiger partial charge is 0.185 e. The maximum absolute atomic E-state index is 11.7. The summed E-state index contributed by atoms with van der Waals surface area (Å²) in [7, 11) is 0. The number of rotatable bonds is 1. The molecule has 1 fully saturated rings. The van der Waals surface area contributed by atoms with Gasteiger partial charge in [-0.15, -0.1) is 0 Å². The molecule has 2 heterocycles. The Balaban J connectivity index is 2.16. The first-order valence-electron chi connectivity index (χ1n) is 9.86. The van der Waals surface area contributed by atoms with Crippen LogP contribution in [-0.4, -0.2) is 34.0 Å². The molecule has 0 bridgehead atoms. The van der Waals surface area contributed by atoms with Crippen LogP contribution in [0.5, 0.6) is 5.75 Å². The molecule has 0 spiro atoms. The number of fused-ring (bicyclic) bond motifs is 1. The fourth-order valence-electron chi connectivity index (χ4n) is 4.10. The van der Waals surface area contributed by atoms with Gasteiger partial charge in [-0.1, -0.05) is 48.0 Å². The molecule has 0 aliphatic carbocycles. The van der Waals surface area contributed by atoms with E-state index in [9.17, 15) is 10.2 Å². The summed E-state index contributed by atoms with van der Waals surface area (Å²) < 4.78 is 0. The zero-order chi connectivity index (χ0) is 19.3. The summed E-state index contributed by atoms with van der Waals surface area (Å²) in [4.78, 5) is 6.79. The summed E-state index contributed by atoms with van der Waals surface area (Å²) in [6.45, 7) is 13.8. The molecule has 3 rings (SSSR count). The molecule has 4 nitrogen and oxygen atoms in total. The van der Waals surface area contributed by atoms with E-state index < -0.39 is 5.72 Å². The highest BCUT2D eigenvalue weighted by molar-refractivity contribution is 5.85. The van der Waals surface area contributed by atoms with Crippen LogP contribution in [0.25, 0.3) is 0 Å². The van der Waals surface area contributed by atoms with Crippen molar-refractivity contribution in [3.63, 3.8) is 0 Å². The number of amidine groups is 1. The number of aromatic hydroxyl groups is 1. The second-order valence-electron chi connectivity index (χ2n) is 9.93. The molecule has 4 heteroatoms. The van der Waals surface area contributed by atoms with Gasteiger partial charge in [0.15, 0.2) is 5.72 Å². The number of phenols is 1. The second-order valence-corrected chi connectivity index (χ2v) is 9.93. The third-order valence-corrected chi connectivity index (χ3v) is 5.71. The minimum absolute atomic E-state index is 0.211. The first-order chi connectivity index (χ1) is 11.9. The van der Waals surface area contributed by atoms with Crippen LogP contribution in [0.4, 0.5) is 0 Å². The fourth-order valence-corrected chi connectivity index (χ4v) is 4.10. The molecule has 0 radical (unpaired) electrons. The number of benzene rings is 1. The average Bonchev–Trinajstić information content (AvgIpc) is 2.70. The summed E-state index contributed by atoms with van der Waals surface area (Å²) >= 11 is 0. The lowest BCUT2D eigenvalue weighted by Gasteiger charge is -2.37. The molecule has 1 aromatic rings. The zero-order valence-electron chi connectivity index (χ0n) is 17.2. The molecule has 2 N–H and O–H groups in total. The quantitative estimate of drug-likeness (QED) is 0.781.